The van der Waals surface area contributed by atoms with Gasteiger partial charge in [0.25, 0.3) is 0 Å². The van der Waals surface area contributed by atoms with Gasteiger partial charge in [-0.3, -0.25) is 0 Å². The van der Waals surface area contributed by atoms with Gasteiger partial charge < -0.3 is 19.7 Å². The molecular formula is C22H28N2O3. The molecule has 1 unspecified atom stereocenters. The van der Waals surface area contributed by atoms with Crippen molar-refractivity contribution in [3.05, 3.63) is 53.6 Å². The quantitative estimate of drug-likeness (QED) is 0.789. The van der Waals surface area contributed by atoms with Crippen LogP contribution >= 0.6 is 0 Å². The lowest BCUT2D eigenvalue weighted by Crippen LogP contribution is -2.34. The van der Waals surface area contributed by atoms with E-state index >= 15 is 0 Å². The molecule has 5 nitrogen and oxygen atoms in total. The third-order valence-corrected chi connectivity index (χ3v) is 5.11. The first kappa shape index (κ1) is 19.1. The summed E-state index contributed by atoms with van der Waals surface area (Å²) in [5.74, 6) is 1.97. The van der Waals surface area contributed by atoms with E-state index in [9.17, 15) is 4.79 Å². The lowest BCUT2D eigenvalue weighted by molar-refractivity contribution is 0.206. The summed E-state index contributed by atoms with van der Waals surface area (Å²) in [6.45, 7) is 5.01. The van der Waals surface area contributed by atoms with E-state index in [-0.39, 0.29) is 12.1 Å². The Bertz CT molecular complexity index is 804. The van der Waals surface area contributed by atoms with Crippen LogP contribution in [0.4, 0.5) is 10.5 Å². The maximum atomic E-state index is 13.0. The van der Waals surface area contributed by atoms with Crippen molar-refractivity contribution >= 4 is 11.7 Å². The molecule has 1 atom stereocenters. The molecule has 3 rings (SSSR count). The summed E-state index contributed by atoms with van der Waals surface area (Å²) in [5.41, 5.74) is 3.02. The van der Waals surface area contributed by atoms with E-state index in [0.29, 0.717) is 5.92 Å². The third-order valence-electron chi connectivity index (χ3n) is 5.11. The first-order chi connectivity index (χ1) is 13.0. The van der Waals surface area contributed by atoms with E-state index in [2.05, 4.69) is 25.2 Å². The molecule has 1 saturated heterocycles. The number of benzene rings is 2. The highest BCUT2D eigenvalue weighted by molar-refractivity contribution is 5.90. The zero-order valence-corrected chi connectivity index (χ0v) is 16.5. The SMILES string of the molecule is COc1ccc(OC)c(C2CCCN2C(=O)Nc2cccc(C(C)C)c2)c1. The van der Waals surface area contributed by atoms with Gasteiger partial charge in [-0.2, -0.15) is 0 Å². The molecule has 1 aliphatic heterocycles. The number of ether oxygens (including phenoxy) is 2. The standard InChI is InChI=1S/C22H28N2O3/c1-15(2)16-7-5-8-17(13-16)23-22(25)24-12-6-9-20(24)19-14-18(26-3)10-11-21(19)27-4/h5,7-8,10-11,13-15,20H,6,9,12H2,1-4H3,(H,23,25). The zero-order valence-electron chi connectivity index (χ0n) is 16.5. The highest BCUT2D eigenvalue weighted by Gasteiger charge is 2.32. The van der Waals surface area contributed by atoms with E-state index in [1.54, 1.807) is 14.2 Å². The molecule has 0 bridgehead atoms. The molecular weight excluding hydrogens is 340 g/mol. The number of amides is 2. The Morgan fingerprint density at radius 2 is 1.96 bits per heavy atom. The fourth-order valence-corrected chi connectivity index (χ4v) is 3.60. The van der Waals surface area contributed by atoms with Gasteiger partial charge in [0.15, 0.2) is 0 Å². The molecule has 2 aromatic rings. The van der Waals surface area contributed by atoms with Crippen LogP contribution in [-0.4, -0.2) is 31.7 Å². The summed E-state index contributed by atoms with van der Waals surface area (Å²) in [4.78, 5) is 14.9. The Hall–Kier alpha value is -2.69. The summed E-state index contributed by atoms with van der Waals surface area (Å²) >= 11 is 0. The van der Waals surface area contributed by atoms with E-state index in [4.69, 9.17) is 9.47 Å². The molecule has 2 aromatic carbocycles. The Kier molecular flexibility index (Phi) is 5.89. The predicted octanol–water partition coefficient (Wildman–Crippen LogP) is 5.20. The average molecular weight is 368 g/mol. The summed E-state index contributed by atoms with van der Waals surface area (Å²) in [6.07, 6.45) is 1.87. The fourth-order valence-electron chi connectivity index (χ4n) is 3.60. The Morgan fingerprint density at radius 3 is 2.67 bits per heavy atom. The number of nitrogens with one attached hydrogen (secondary N) is 1. The highest BCUT2D eigenvalue weighted by atomic mass is 16.5. The zero-order chi connectivity index (χ0) is 19.4. The number of likely N-dealkylation sites (tertiary alicyclic amines) is 1. The number of urea groups is 1. The van der Waals surface area contributed by atoms with E-state index in [0.717, 1.165) is 42.1 Å². The number of carbonyl (C=O) groups is 1. The summed E-state index contributed by atoms with van der Waals surface area (Å²) in [5, 5.41) is 3.06. The van der Waals surface area contributed by atoms with Gasteiger partial charge in [0, 0.05) is 17.8 Å². The van der Waals surface area contributed by atoms with E-state index in [1.807, 2.05) is 41.3 Å². The molecule has 2 amide bonds. The van der Waals surface area contributed by atoms with Crippen LogP contribution in [0.3, 0.4) is 0 Å². The molecule has 0 aromatic heterocycles. The van der Waals surface area contributed by atoms with Crippen LogP contribution < -0.4 is 14.8 Å². The molecule has 0 radical (unpaired) electrons. The molecule has 0 aliphatic carbocycles. The molecule has 1 fully saturated rings. The van der Waals surface area contributed by atoms with Crippen LogP contribution in [0.2, 0.25) is 0 Å². The summed E-state index contributed by atoms with van der Waals surface area (Å²) < 4.78 is 10.9. The monoisotopic (exact) mass is 368 g/mol. The molecule has 0 saturated carbocycles. The molecule has 0 spiro atoms. The average Bonchev–Trinajstić information content (AvgIpc) is 3.17. The summed E-state index contributed by atoms with van der Waals surface area (Å²) in [7, 11) is 3.30. The predicted molar refractivity (Wildman–Crippen MR) is 108 cm³/mol. The van der Waals surface area contributed by atoms with Crippen molar-refractivity contribution in [1.82, 2.24) is 4.90 Å². The number of rotatable bonds is 5. The van der Waals surface area contributed by atoms with Crippen LogP contribution in [0, 0.1) is 0 Å². The second kappa shape index (κ2) is 8.33. The first-order valence-corrected chi connectivity index (χ1v) is 9.43. The van der Waals surface area contributed by atoms with Gasteiger partial charge in [0.1, 0.15) is 11.5 Å². The summed E-state index contributed by atoms with van der Waals surface area (Å²) in [6, 6.07) is 13.7. The topological polar surface area (TPSA) is 50.8 Å². The van der Waals surface area contributed by atoms with Gasteiger partial charge >= 0.3 is 6.03 Å². The third kappa shape index (κ3) is 4.18. The number of hydrogen-bond donors (Lipinski definition) is 1. The normalized spacial score (nSPS) is 16.5. The van der Waals surface area contributed by atoms with Crippen molar-refractivity contribution in [3.8, 4) is 11.5 Å². The van der Waals surface area contributed by atoms with Gasteiger partial charge in [0.2, 0.25) is 0 Å². The van der Waals surface area contributed by atoms with Crippen molar-refractivity contribution < 1.29 is 14.3 Å². The molecule has 1 aliphatic rings. The van der Waals surface area contributed by atoms with E-state index in [1.165, 1.54) is 5.56 Å². The van der Waals surface area contributed by atoms with Gasteiger partial charge in [-0.25, -0.2) is 4.79 Å². The smallest absolute Gasteiger partial charge is 0.322 e. The van der Waals surface area contributed by atoms with Crippen LogP contribution in [0.15, 0.2) is 42.5 Å². The molecule has 144 valence electrons. The van der Waals surface area contributed by atoms with Crippen LogP contribution in [0.5, 0.6) is 11.5 Å². The molecule has 27 heavy (non-hydrogen) atoms. The van der Waals surface area contributed by atoms with Crippen molar-refractivity contribution in [2.24, 2.45) is 0 Å². The Morgan fingerprint density at radius 1 is 1.15 bits per heavy atom. The number of carbonyl (C=O) groups excluding carboxylic acids is 1. The lowest BCUT2D eigenvalue weighted by atomic mass is 10.0. The van der Waals surface area contributed by atoms with Gasteiger partial charge in [-0.1, -0.05) is 26.0 Å². The first-order valence-electron chi connectivity index (χ1n) is 9.43. The van der Waals surface area contributed by atoms with Crippen LogP contribution in [0.1, 0.15) is 49.8 Å². The number of nitrogens with zero attached hydrogens (tertiary/aromatic N) is 1. The Labute approximate surface area is 161 Å². The van der Waals surface area contributed by atoms with Gasteiger partial charge in [-0.05, 0) is 54.7 Å². The maximum absolute atomic E-state index is 13.0. The highest BCUT2D eigenvalue weighted by Crippen LogP contribution is 2.39. The van der Waals surface area contributed by atoms with E-state index < -0.39 is 0 Å². The number of methoxy groups -OCH3 is 2. The second-order valence-electron chi connectivity index (χ2n) is 7.17. The second-order valence-corrected chi connectivity index (χ2v) is 7.17. The molecule has 5 heteroatoms. The molecule has 1 heterocycles. The van der Waals surface area contributed by atoms with Gasteiger partial charge in [-0.15, -0.1) is 0 Å². The van der Waals surface area contributed by atoms with Crippen molar-refractivity contribution in [1.29, 1.82) is 0 Å². The number of hydrogen-bond acceptors (Lipinski definition) is 3. The van der Waals surface area contributed by atoms with Crippen LogP contribution in [0.25, 0.3) is 0 Å². The lowest BCUT2D eigenvalue weighted by Gasteiger charge is -2.27. The minimum absolute atomic E-state index is 0.0247. The minimum atomic E-state index is -0.0803. The fraction of sp³-hybridized carbons (Fsp3) is 0.409. The van der Waals surface area contributed by atoms with Crippen molar-refractivity contribution in [2.75, 3.05) is 26.1 Å². The minimum Gasteiger partial charge on any atom is -0.497 e. The van der Waals surface area contributed by atoms with Crippen molar-refractivity contribution in [3.63, 3.8) is 0 Å². The Balaban J connectivity index is 1.82. The largest absolute Gasteiger partial charge is 0.497 e. The maximum Gasteiger partial charge on any atom is 0.322 e. The van der Waals surface area contributed by atoms with Crippen LogP contribution in [-0.2, 0) is 0 Å². The number of anilines is 1. The van der Waals surface area contributed by atoms with Gasteiger partial charge in [0.05, 0.1) is 20.3 Å². The van der Waals surface area contributed by atoms with Crippen molar-refractivity contribution in [2.45, 2.75) is 38.6 Å². The molecule has 1 N–H and O–H groups in total.